The van der Waals surface area contributed by atoms with Crippen molar-refractivity contribution in [3.63, 3.8) is 0 Å². The molecule has 3 rings (SSSR count). The van der Waals surface area contributed by atoms with Gasteiger partial charge in [0.05, 0.1) is 4.92 Å². The molecule has 19 heavy (non-hydrogen) atoms. The van der Waals surface area contributed by atoms with Gasteiger partial charge in [-0.1, -0.05) is 11.6 Å². The highest BCUT2D eigenvalue weighted by Crippen LogP contribution is 2.39. The topological polar surface area (TPSA) is 63.4 Å². The largest absolute Gasteiger partial charge is 0.335 e. The van der Waals surface area contributed by atoms with Gasteiger partial charge in [0.1, 0.15) is 5.56 Å². The lowest BCUT2D eigenvalue weighted by atomic mass is 10.1. The summed E-state index contributed by atoms with van der Waals surface area (Å²) in [6.45, 7) is 0.715. The molecule has 1 aromatic rings. The average molecular weight is 281 g/mol. The molecule has 1 aliphatic carbocycles. The second-order valence-electron chi connectivity index (χ2n) is 5.21. The summed E-state index contributed by atoms with van der Waals surface area (Å²) in [5.41, 5.74) is -0.0674. The van der Waals surface area contributed by atoms with Gasteiger partial charge in [0, 0.05) is 23.7 Å². The number of carbonyl (C=O) groups is 1. The van der Waals surface area contributed by atoms with Crippen LogP contribution in [0.4, 0.5) is 5.69 Å². The molecule has 1 amide bonds. The number of nitro groups is 1. The third kappa shape index (κ3) is 2.08. The Bertz CT molecular complexity index is 561. The first-order chi connectivity index (χ1) is 9.06. The quantitative estimate of drug-likeness (QED) is 0.618. The predicted octanol–water partition coefficient (Wildman–Crippen LogP) is 2.87. The van der Waals surface area contributed by atoms with Gasteiger partial charge in [-0.25, -0.2) is 0 Å². The van der Waals surface area contributed by atoms with Crippen molar-refractivity contribution in [1.82, 2.24) is 4.90 Å². The molecule has 2 bridgehead atoms. The van der Waals surface area contributed by atoms with E-state index in [2.05, 4.69) is 0 Å². The van der Waals surface area contributed by atoms with Gasteiger partial charge in [0.25, 0.3) is 11.6 Å². The number of nitrogens with zero attached hydrogens (tertiary/aromatic N) is 2. The summed E-state index contributed by atoms with van der Waals surface area (Å²) in [4.78, 5) is 24.7. The Morgan fingerprint density at radius 1 is 1.42 bits per heavy atom. The van der Waals surface area contributed by atoms with Crippen LogP contribution >= 0.6 is 11.6 Å². The van der Waals surface area contributed by atoms with Crippen LogP contribution in [0.5, 0.6) is 0 Å². The van der Waals surface area contributed by atoms with Crippen LogP contribution in [0.3, 0.4) is 0 Å². The number of fused-ring (bicyclic) bond motifs is 2. The van der Waals surface area contributed by atoms with Crippen LogP contribution in [0.25, 0.3) is 0 Å². The normalized spacial score (nSPS) is 24.8. The van der Waals surface area contributed by atoms with Gasteiger partial charge < -0.3 is 4.90 Å². The van der Waals surface area contributed by atoms with E-state index in [0.29, 0.717) is 17.5 Å². The fraction of sp³-hybridized carbons (Fsp3) is 0.462. The van der Waals surface area contributed by atoms with Crippen LogP contribution in [-0.2, 0) is 0 Å². The molecule has 1 heterocycles. The molecule has 1 aliphatic heterocycles. The van der Waals surface area contributed by atoms with E-state index in [4.69, 9.17) is 11.6 Å². The average Bonchev–Trinajstić information content (AvgIpc) is 2.99. The molecule has 0 aromatic heterocycles. The summed E-state index contributed by atoms with van der Waals surface area (Å²) >= 11 is 5.86. The molecule has 0 spiro atoms. The maximum Gasteiger partial charge on any atom is 0.282 e. The Hall–Kier alpha value is -1.62. The molecular formula is C13H13ClN2O3. The fourth-order valence-corrected chi connectivity index (χ4v) is 3.34. The second-order valence-corrected chi connectivity index (χ2v) is 5.65. The lowest BCUT2D eigenvalue weighted by molar-refractivity contribution is -0.385. The van der Waals surface area contributed by atoms with Crippen molar-refractivity contribution in [2.45, 2.75) is 25.3 Å². The predicted molar refractivity (Wildman–Crippen MR) is 70.3 cm³/mol. The number of hydrogen-bond acceptors (Lipinski definition) is 3. The molecule has 1 saturated carbocycles. The second kappa shape index (κ2) is 4.49. The maximum atomic E-state index is 12.5. The van der Waals surface area contributed by atoms with E-state index in [9.17, 15) is 14.9 Å². The summed E-state index contributed by atoms with van der Waals surface area (Å²) in [6.07, 6.45) is 3.19. The standard InChI is InChI=1S/C13H13ClN2O3/c14-9-2-4-12(16(18)19)11(6-9)13(17)15-7-8-1-3-10(15)5-8/h2,4,6,8,10H,1,3,5,7H2. The van der Waals surface area contributed by atoms with Crippen LogP contribution in [0, 0.1) is 16.0 Å². The molecule has 2 atom stereocenters. The first kappa shape index (κ1) is 12.4. The van der Waals surface area contributed by atoms with Crippen molar-refractivity contribution in [3.05, 3.63) is 38.9 Å². The number of nitro benzene ring substituents is 1. The summed E-state index contributed by atoms with van der Waals surface area (Å²) in [6, 6.07) is 4.38. The fourth-order valence-electron chi connectivity index (χ4n) is 3.17. The number of hydrogen-bond donors (Lipinski definition) is 0. The molecule has 6 heteroatoms. The molecule has 5 nitrogen and oxygen atoms in total. The van der Waals surface area contributed by atoms with Crippen molar-refractivity contribution in [2.75, 3.05) is 6.54 Å². The van der Waals surface area contributed by atoms with Crippen LogP contribution in [-0.4, -0.2) is 28.3 Å². The van der Waals surface area contributed by atoms with E-state index in [1.54, 1.807) is 4.90 Å². The highest BCUT2D eigenvalue weighted by Gasteiger charge is 2.41. The summed E-state index contributed by atoms with van der Waals surface area (Å²) < 4.78 is 0. The van der Waals surface area contributed by atoms with Crippen molar-refractivity contribution in [3.8, 4) is 0 Å². The molecule has 0 N–H and O–H groups in total. The lowest BCUT2D eigenvalue weighted by Crippen LogP contribution is -2.37. The number of amides is 1. The van der Waals surface area contributed by atoms with Gasteiger partial charge in [0.15, 0.2) is 0 Å². The van der Waals surface area contributed by atoms with E-state index in [1.807, 2.05) is 0 Å². The highest BCUT2D eigenvalue weighted by atomic mass is 35.5. The third-order valence-electron chi connectivity index (χ3n) is 4.06. The Morgan fingerprint density at radius 3 is 2.79 bits per heavy atom. The number of carbonyl (C=O) groups excluding carboxylic acids is 1. The maximum absolute atomic E-state index is 12.5. The first-order valence-corrected chi connectivity index (χ1v) is 6.69. The minimum Gasteiger partial charge on any atom is -0.335 e. The molecule has 2 aliphatic rings. The smallest absolute Gasteiger partial charge is 0.282 e. The number of benzene rings is 1. The molecular weight excluding hydrogens is 268 g/mol. The summed E-state index contributed by atoms with van der Waals surface area (Å²) in [5.74, 6) is 0.300. The Kier molecular flexibility index (Phi) is 2.93. The van der Waals surface area contributed by atoms with Crippen LogP contribution in [0.15, 0.2) is 18.2 Å². The molecule has 2 fully saturated rings. The number of halogens is 1. The summed E-state index contributed by atoms with van der Waals surface area (Å²) in [5, 5.41) is 11.3. The lowest BCUT2D eigenvalue weighted by Gasteiger charge is -2.26. The number of piperidine rings is 1. The minimum absolute atomic E-state index is 0.102. The van der Waals surface area contributed by atoms with E-state index in [1.165, 1.54) is 18.2 Å². The minimum atomic E-state index is -0.530. The van der Waals surface area contributed by atoms with E-state index < -0.39 is 4.92 Å². The van der Waals surface area contributed by atoms with Gasteiger partial charge in [-0.15, -0.1) is 0 Å². The van der Waals surface area contributed by atoms with Crippen LogP contribution in [0.1, 0.15) is 29.6 Å². The number of rotatable bonds is 2. The molecule has 1 saturated heterocycles. The van der Waals surface area contributed by atoms with Gasteiger partial charge >= 0.3 is 0 Å². The van der Waals surface area contributed by atoms with Gasteiger partial charge in [-0.3, -0.25) is 14.9 Å². The Morgan fingerprint density at radius 2 is 2.21 bits per heavy atom. The van der Waals surface area contributed by atoms with E-state index >= 15 is 0 Å². The first-order valence-electron chi connectivity index (χ1n) is 6.31. The molecule has 1 aromatic carbocycles. The van der Waals surface area contributed by atoms with Crippen molar-refractivity contribution in [2.24, 2.45) is 5.92 Å². The molecule has 0 radical (unpaired) electrons. The highest BCUT2D eigenvalue weighted by molar-refractivity contribution is 6.31. The third-order valence-corrected chi connectivity index (χ3v) is 4.29. The van der Waals surface area contributed by atoms with Crippen LogP contribution in [0.2, 0.25) is 5.02 Å². The number of likely N-dealkylation sites (tertiary alicyclic amines) is 1. The van der Waals surface area contributed by atoms with Crippen molar-refractivity contribution in [1.29, 1.82) is 0 Å². The van der Waals surface area contributed by atoms with E-state index in [0.717, 1.165) is 19.3 Å². The molecule has 2 unspecified atom stereocenters. The zero-order valence-electron chi connectivity index (χ0n) is 10.2. The zero-order chi connectivity index (χ0) is 13.6. The van der Waals surface area contributed by atoms with Gasteiger partial charge in [-0.05, 0) is 37.3 Å². The van der Waals surface area contributed by atoms with Crippen LogP contribution < -0.4 is 0 Å². The van der Waals surface area contributed by atoms with Gasteiger partial charge in [0.2, 0.25) is 0 Å². The SMILES string of the molecule is O=C(c1cc(Cl)ccc1[N+](=O)[O-])N1CC2CCC1C2. The van der Waals surface area contributed by atoms with Gasteiger partial charge in [-0.2, -0.15) is 0 Å². The van der Waals surface area contributed by atoms with Crippen molar-refractivity contribution >= 4 is 23.2 Å². The van der Waals surface area contributed by atoms with Crippen molar-refractivity contribution < 1.29 is 9.72 Å². The Labute approximate surface area is 115 Å². The Balaban J connectivity index is 1.95. The summed E-state index contributed by atoms with van der Waals surface area (Å²) in [7, 11) is 0. The monoisotopic (exact) mass is 280 g/mol. The van der Waals surface area contributed by atoms with E-state index in [-0.39, 0.29) is 23.2 Å². The molecule has 100 valence electrons. The zero-order valence-corrected chi connectivity index (χ0v) is 11.0.